The van der Waals surface area contributed by atoms with E-state index in [1.165, 1.54) is 6.07 Å². The second-order valence-electron chi connectivity index (χ2n) is 6.62. The number of anilines is 1. The number of carbonyl (C=O) groups is 2. The van der Waals surface area contributed by atoms with Crippen LogP contribution in [0.2, 0.25) is 0 Å². The van der Waals surface area contributed by atoms with Gasteiger partial charge in [-0.3, -0.25) is 4.79 Å². The van der Waals surface area contributed by atoms with Gasteiger partial charge in [0, 0.05) is 31.2 Å². The molecule has 1 N–H and O–H groups in total. The van der Waals surface area contributed by atoms with Crippen molar-refractivity contribution in [2.45, 2.75) is 37.1 Å². The van der Waals surface area contributed by atoms with Gasteiger partial charge in [-0.1, -0.05) is 30.3 Å². The summed E-state index contributed by atoms with van der Waals surface area (Å²) in [5.41, 5.74) is 2.33. The molecule has 28 heavy (non-hydrogen) atoms. The molecule has 7 nitrogen and oxygen atoms in total. The number of nitrogens with zero attached hydrogens (tertiary/aromatic N) is 1. The van der Waals surface area contributed by atoms with Crippen LogP contribution in [0, 0.1) is 0 Å². The average Bonchev–Trinajstić information content (AvgIpc) is 3.10. The molecule has 0 saturated carbocycles. The maximum atomic E-state index is 12.6. The van der Waals surface area contributed by atoms with Crippen molar-refractivity contribution in [2.24, 2.45) is 0 Å². The molecule has 0 aliphatic carbocycles. The normalized spacial score (nSPS) is 13.4. The smallest absolute Gasteiger partial charge is 0.240 e. The highest BCUT2D eigenvalue weighted by atomic mass is 32.2. The van der Waals surface area contributed by atoms with Gasteiger partial charge in [0.25, 0.3) is 0 Å². The first-order chi connectivity index (χ1) is 13.4. The van der Waals surface area contributed by atoms with Gasteiger partial charge in [0.1, 0.15) is 0 Å². The molecule has 1 heterocycles. The van der Waals surface area contributed by atoms with Crippen LogP contribution < -0.4 is 14.7 Å². The van der Waals surface area contributed by atoms with Crippen LogP contribution in [0.5, 0.6) is 0 Å². The quantitative estimate of drug-likeness (QED) is 0.709. The van der Waals surface area contributed by atoms with E-state index in [0.717, 1.165) is 11.1 Å². The zero-order chi connectivity index (χ0) is 20.1. The van der Waals surface area contributed by atoms with Gasteiger partial charge in [0.15, 0.2) is 0 Å². The molecule has 1 amide bonds. The van der Waals surface area contributed by atoms with E-state index in [1.54, 1.807) is 17.0 Å². The number of aliphatic carboxylic acids is 1. The van der Waals surface area contributed by atoms with Gasteiger partial charge in [-0.25, -0.2) is 13.1 Å². The molecule has 0 spiro atoms. The van der Waals surface area contributed by atoms with E-state index in [4.69, 9.17) is 0 Å². The van der Waals surface area contributed by atoms with E-state index in [2.05, 4.69) is 4.72 Å². The SMILES string of the molecule is O=C([O-])CCCC(=O)N1CCc2cc(S(=O)(=O)NCc3ccccc3)ccc21. The Balaban J connectivity index is 1.68. The Kier molecular flexibility index (Phi) is 6.11. The average molecular weight is 401 g/mol. The number of amides is 1. The van der Waals surface area contributed by atoms with Gasteiger partial charge >= 0.3 is 0 Å². The lowest BCUT2D eigenvalue weighted by Crippen LogP contribution is -2.29. The zero-order valence-electron chi connectivity index (χ0n) is 15.3. The third-order valence-corrected chi connectivity index (χ3v) is 6.04. The minimum Gasteiger partial charge on any atom is -0.550 e. The van der Waals surface area contributed by atoms with Crippen LogP contribution in [0.4, 0.5) is 5.69 Å². The minimum atomic E-state index is -3.67. The number of hydrogen-bond acceptors (Lipinski definition) is 5. The Hall–Kier alpha value is -2.71. The van der Waals surface area contributed by atoms with Crippen molar-refractivity contribution in [1.29, 1.82) is 0 Å². The molecule has 8 heteroatoms. The van der Waals surface area contributed by atoms with Crippen LogP contribution in [0.1, 0.15) is 30.4 Å². The summed E-state index contributed by atoms with van der Waals surface area (Å²) in [7, 11) is -3.67. The van der Waals surface area contributed by atoms with Gasteiger partial charge in [-0.2, -0.15) is 0 Å². The summed E-state index contributed by atoms with van der Waals surface area (Å²) in [6.07, 6.45) is 0.745. The number of rotatable bonds is 8. The fraction of sp³-hybridized carbons (Fsp3) is 0.300. The van der Waals surface area contributed by atoms with Crippen LogP contribution in [-0.2, 0) is 32.6 Å². The van der Waals surface area contributed by atoms with Crippen LogP contribution in [0.3, 0.4) is 0 Å². The summed E-state index contributed by atoms with van der Waals surface area (Å²) < 4.78 is 27.7. The molecule has 1 aliphatic rings. The molecular weight excluding hydrogens is 380 g/mol. The van der Waals surface area contributed by atoms with E-state index >= 15 is 0 Å². The first-order valence-electron chi connectivity index (χ1n) is 9.03. The number of carboxylic acids is 1. The van der Waals surface area contributed by atoms with Gasteiger partial charge < -0.3 is 14.8 Å². The third kappa shape index (κ3) is 4.76. The molecule has 3 rings (SSSR count). The lowest BCUT2D eigenvalue weighted by molar-refractivity contribution is -0.305. The number of carbonyl (C=O) groups excluding carboxylic acids is 2. The Bertz CT molecular complexity index is 973. The zero-order valence-corrected chi connectivity index (χ0v) is 16.1. The van der Waals surface area contributed by atoms with E-state index in [-0.39, 0.29) is 36.6 Å². The Labute approximate surface area is 164 Å². The molecule has 1 aliphatic heterocycles. The van der Waals surface area contributed by atoms with Crippen molar-refractivity contribution in [3.63, 3.8) is 0 Å². The van der Waals surface area contributed by atoms with Crippen LogP contribution in [-0.4, -0.2) is 26.8 Å². The monoisotopic (exact) mass is 401 g/mol. The maximum Gasteiger partial charge on any atom is 0.240 e. The summed E-state index contributed by atoms with van der Waals surface area (Å²) in [4.78, 5) is 24.5. The molecule has 0 fully saturated rings. The van der Waals surface area contributed by atoms with Crippen molar-refractivity contribution < 1.29 is 23.1 Å². The molecule has 0 atom stereocenters. The summed E-state index contributed by atoms with van der Waals surface area (Å²) in [6.45, 7) is 0.656. The molecule has 0 radical (unpaired) electrons. The number of carboxylic acid groups (broad SMARTS) is 1. The molecule has 2 aromatic carbocycles. The third-order valence-electron chi connectivity index (χ3n) is 4.64. The number of benzene rings is 2. The van der Waals surface area contributed by atoms with Crippen molar-refractivity contribution in [2.75, 3.05) is 11.4 Å². The highest BCUT2D eigenvalue weighted by Gasteiger charge is 2.26. The maximum absolute atomic E-state index is 12.6. The van der Waals surface area contributed by atoms with Crippen molar-refractivity contribution in [3.05, 3.63) is 59.7 Å². The van der Waals surface area contributed by atoms with Gasteiger partial charge in [0.05, 0.1) is 4.90 Å². The lowest BCUT2D eigenvalue weighted by Gasteiger charge is -2.18. The number of nitrogens with one attached hydrogen (secondary N) is 1. The first kappa shape index (κ1) is 20.0. The van der Waals surface area contributed by atoms with E-state index in [0.29, 0.717) is 18.7 Å². The highest BCUT2D eigenvalue weighted by Crippen LogP contribution is 2.31. The van der Waals surface area contributed by atoms with E-state index in [9.17, 15) is 23.1 Å². The largest absolute Gasteiger partial charge is 0.550 e. The van der Waals surface area contributed by atoms with Gasteiger partial charge in [-0.05, 0) is 48.6 Å². The van der Waals surface area contributed by atoms with Crippen molar-refractivity contribution >= 4 is 27.6 Å². The molecular formula is C20H21N2O5S-. The number of hydrogen-bond donors (Lipinski definition) is 1. The van der Waals surface area contributed by atoms with E-state index in [1.807, 2.05) is 30.3 Å². The summed E-state index contributed by atoms with van der Waals surface area (Å²) in [5, 5.41) is 10.5. The fourth-order valence-corrected chi connectivity index (χ4v) is 4.25. The molecule has 148 valence electrons. The number of sulfonamides is 1. The fourth-order valence-electron chi connectivity index (χ4n) is 3.18. The molecule has 0 bridgehead atoms. The van der Waals surface area contributed by atoms with Gasteiger partial charge in [-0.15, -0.1) is 0 Å². The highest BCUT2D eigenvalue weighted by molar-refractivity contribution is 7.89. The molecule has 0 aromatic heterocycles. The van der Waals surface area contributed by atoms with Crippen LogP contribution in [0.25, 0.3) is 0 Å². The lowest BCUT2D eigenvalue weighted by atomic mass is 10.1. The Morgan fingerprint density at radius 2 is 1.82 bits per heavy atom. The van der Waals surface area contributed by atoms with Gasteiger partial charge in [0.2, 0.25) is 15.9 Å². The van der Waals surface area contributed by atoms with Crippen molar-refractivity contribution in [1.82, 2.24) is 4.72 Å². The molecule has 2 aromatic rings. The molecule has 0 unspecified atom stereocenters. The molecule has 0 saturated heterocycles. The standard InChI is InChI=1S/C20H22N2O5S/c23-19(7-4-8-20(24)25)22-12-11-16-13-17(9-10-18(16)22)28(26,27)21-14-15-5-2-1-3-6-15/h1-3,5-6,9-10,13,21H,4,7-8,11-12,14H2,(H,24,25)/p-1. The predicted molar refractivity (Wildman–Crippen MR) is 102 cm³/mol. The summed E-state index contributed by atoms with van der Waals surface area (Å²) >= 11 is 0. The summed E-state index contributed by atoms with van der Waals surface area (Å²) in [6, 6.07) is 14.0. The Morgan fingerprint density at radius 3 is 2.54 bits per heavy atom. The van der Waals surface area contributed by atoms with Crippen LogP contribution in [0.15, 0.2) is 53.4 Å². The minimum absolute atomic E-state index is 0.117. The Morgan fingerprint density at radius 1 is 1.07 bits per heavy atom. The first-order valence-corrected chi connectivity index (χ1v) is 10.5. The second-order valence-corrected chi connectivity index (χ2v) is 8.39. The van der Waals surface area contributed by atoms with E-state index < -0.39 is 16.0 Å². The number of fused-ring (bicyclic) bond motifs is 1. The van der Waals surface area contributed by atoms with Crippen molar-refractivity contribution in [3.8, 4) is 0 Å². The predicted octanol–water partition coefficient (Wildman–Crippen LogP) is 0.974. The second kappa shape index (κ2) is 8.53. The topological polar surface area (TPSA) is 107 Å². The summed E-state index contributed by atoms with van der Waals surface area (Å²) in [5.74, 6) is -1.34. The van der Waals surface area contributed by atoms with Crippen LogP contribution >= 0.6 is 0 Å².